The first-order valence-corrected chi connectivity index (χ1v) is 10.3. The predicted molar refractivity (Wildman–Crippen MR) is 115 cm³/mol. The van der Waals surface area contributed by atoms with Crippen molar-refractivity contribution >= 4 is 51.9 Å². The summed E-state index contributed by atoms with van der Waals surface area (Å²) >= 11 is 7.21. The lowest BCUT2D eigenvalue weighted by molar-refractivity contribution is -0.115. The molecule has 0 atom stereocenters. The lowest BCUT2D eigenvalue weighted by Gasteiger charge is -2.19. The highest BCUT2D eigenvalue weighted by Crippen LogP contribution is 2.32. The van der Waals surface area contributed by atoms with Gasteiger partial charge >= 0.3 is 0 Å². The fourth-order valence-corrected chi connectivity index (χ4v) is 4.34. The molecule has 144 valence electrons. The molecule has 2 aromatic carbocycles. The number of nitrogens with zero attached hydrogens (tertiary/aromatic N) is 2. The van der Waals surface area contributed by atoms with E-state index in [1.807, 2.05) is 19.1 Å². The standard InChI is InChI=1S/C21H19ClFN3OS/c1-13-9-18(26-7-2-3-8-26)17(23)10-14(13)11-19-20(27)25-21(28-19)24-16-6-4-5-15(22)12-16/h4-6,9-12H,2-3,7-8H2,1H3,(H,24,25,27). The van der Waals surface area contributed by atoms with E-state index in [2.05, 4.69) is 15.2 Å². The first-order valence-electron chi connectivity index (χ1n) is 9.10. The van der Waals surface area contributed by atoms with Crippen LogP contribution in [0.25, 0.3) is 6.08 Å². The van der Waals surface area contributed by atoms with Crippen molar-refractivity contribution in [1.29, 1.82) is 0 Å². The molecule has 2 aliphatic rings. The highest BCUT2D eigenvalue weighted by molar-refractivity contribution is 8.18. The molecule has 1 N–H and O–H groups in total. The van der Waals surface area contributed by atoms with Gasteiger partial charge in [-0.25, -0.2) is 9.38 Å². The van der Waals surface area contributed by atoms with E-state index in [1.54, 1.807) is 24.3 Å². The number of amidine groups is 1. The van der Waals surface area contributed by atoms with E-state index in [1.165, 1.54) is 17.8 Å². The van der Waals surface area contributed by atoms with Crippen LogP contribution in [0.15, 0.2) is 46.3 Å². The van der Waals surface area contributed by atoms with Crippen LogP contribution in [0.2, 0.25) is 5.02 Å². The van der Waals surface area contributed by atoms with Crippen LogP contribution < -0.4 is 10.2 Å². The zero-order valence-electron chi connectivity index (χ0n) is 15.3. The summed E-state index contributed by atoms with van der Waals surface area (Å²) in [5.41, 5.74) is 2.93. The van der Waals surface area contributed by atoms with Gasteiger partial charge in [-0.05, 0) is 79.1 Å². The van der Waals surface area contributed by atoms with Crippen molar-refractivity contribution in [3.8, 4) is 0 Å². The van der Waals surface area contributed by atoms with Crippen LogP contribution in [0.3, 0.4) is 0 Å². The number of hydrogen-bond acceptors (Lipinski definition) is 4. The van der Waals surface area contributed by atoms with Crippen molar-refractivity contribution in [2.45, 2.75) is 19.8 Å². The summed E-state index contributed by atoms with van der Waals surface area (Å²) in [6.45, 7) is 3.71. The summed E-state index contributed by atoms with van der Waals surface area (Å²) in [5.74, 6) is -0.496. The van der Waals surface area contributed by atoms with E-state index < -0.39 is 0 Å². The summed E-state index contributed by atoms with van der Waals surface area (Å²) in [7, 11) is 0. The van der Waals surface area contributed by atoms with E-state index in [4.69, 9.17) is 11.6 Å². The fourth-order valence-electron chi connectivity index (χ4n) is 3.32. The summed E-state index contributed by atoms with van der Waals surface area (Å²) in [6.07, 6.45) is 3.90. The maximum absolute atomic E-state index is 14.6. The Hall–Kier alpha value is -2.31. The Morgan fingerprint density at radius 1 is 1.25 bits per heavy atom. The molecule has 0 unspecified atom stereocenters. The van der Waals surface area contributed by atoms with Gasteiger partial charge in [-0.15, -0.1) is 0 Å². The fraction of sp³-hybridized carbons (Fsp3) is 0.238. The number of nitrogens with one attached hydrogen (secondary N) is 1. The smallest absolute Gasteiger partial charge is 0.264 e. The van der Waals surface area contributed by atoms with Crippen LogP contribution in [-0.4, -0.2) is 24.2 Å². The molecule has 2 heterocycles. The molecule has 0 aromatic heterocycles. The molecule has 0 bridgehead atoms. The minimum atomic E-state index is -0.254. The first-order chi connectivity index (χ1) is 13.5. The molecule has 4 nitrogen and oxygen atoms in total. The van der Waals surface area contributed by atoms with Gasteiger partial charge in [0.15, 0.2) is 5.17 Å². The Labute approximate surface area is 172 Å². The second-order valence-electron chi connectivity index (χ2n) is 6.82. The molecular formula is C21H19ClFN3OS. The van der Waals surface area contributed by atoms with Crippen LogP contribution in [0, 0.1) is 12.7 Å². The third kappa shape index (κ3) is 4.08. The SMILES string of the molecule is Cc1cc(N2CCCC2)c(F)cc1C=C1SC(=Nc2cccc(Cl)c2)NC1=O. The van der Waals surface area contributed by atoms with Gasteiger partial charge in [0.05, 0.1) is 16.3 Å². The van der Waals surface area contributed by atoms with E-state index in [0.717, 1.165) is 31.5 Å². The second-order valence-corrected chi connectivity index (χ2v) is 8.28. The summed E-state index contributed by atoms with van der Waals surface area (Å²) in [4.78, 5) is 19.3. The number of aliphatic imine (C=N–C) groups is 1. The van der Waals surface area contributed by atoms with Crippen molar-refractivity contribution in [2.75, 3.05) is 18.0 Å². The number of carbonyl (C=O) groups excluding carboxylic acids is 1. The van der Waals surface area contributed by atoms with E-state index in [-0.39, 0.29) is 11.7 Å². The number of aryl methyl sites for hydroxylation is 1. The summed E-state index contributed by atoms with van der Waals surface area (Å²) in [6, 6.07) is 10.5. The van der Waals surface area contributed by atoms with Gasteiger partial charge in [0.25, 0.3) is 5.91 Å². The molecule has 2 fully saturated rings. The average Bonchev–Trinajstić information content (AvgIpc) is 3.28. The number of rotatable bonds is 3. The lowest BCUT2D eigenvalue weighted by Crippen LogP contribution is -2.19. The molecule has 2 saturated heterocycles. The van der Waals surface area contributed by atoms with Gasteiger partial charge in [0, 0.05) is 18.1 Å². The van der Waals surface area contributed by atoms with Crippen LogP contribution in [0.4, 0.5) is 15.8 Å². The number of hydrogen-bond donors (Lipinski definition) is 1. The van der Waals surface area contributed by atoms with Crippen LogP contribution in [-0.2, 0) is 4.79 Å². The lowest BCUT2D eigenvalue weighted by atomic mass is 10.1. The Morgan fingerprint density at radius 3 is 2.79 bits per heavy atom. The van der Waals surface area contributed by atoms with Crippen molar-refractivity contribution in [3.63, 3.8) is 0 Å². The number of anilines is 1. The molecule has 2 aliphatic heterocycles. The van der Waals surface area contributed by atoms with Crippen molar-refractivity contribution in [1.82, 2.24) is 5.32 Å². The maximum Gasteiger partial charge on any atom is 0.264 e. The first kappa shape index (κ1) is 19.0. The molecule has 4 rings (SSSR count). The highest BCUT2D eigenvalue weighted by Gasteiger charge is 2.24. The molecule has 7 heteroatoms. The normalized spacial score (nSPS) is 19.7. The third-order valence-electron chi connectivity index (χ3n) is 4.76. The van der Waals surface area contributed by atoms with Gasteiger partial charge < -0.3 is 10.2 Å². The van der Waals surface area contributed by atoms with Crippen molar-refractivity contribution < 1.29 is 9.18 Å². The zero-order valence-corrected chi connectivity index (χ0v) is 16.9. The molecule has 0 radical (unpaired) electrons. The Morgan fingerprint density at radius 2 is 2.04 bits per heavy atom. The molecule has 28 heavy (non-hydrogen) atoms. The Kier molecular flexibility index (Phi) is 5.42. The summed E-state index contributed by atoms with van der Waals surface area (Å²) in [5, 5.41) is 3.80. The molecule has 0 saturated carbocycles. The monoisotopic (exact) mass is 415 g/mol. The molecule has 0 aliphatic carbocycles. The maximum atomic E-state index is 14.6. The van der Waals surface area contributed by atoms with Crippen LogP contribution in [0.5, 0.6) is 0 Å². The van der Waals surface area contributed by atoms with Crippen molar-refractivity contribution in [3.05, 3.63) is 63.3 Å². The number of carbonyl (C=O) groups is 1. The van der Waals surface area contributed by atoms with Crippen LogP contribution >= 0.6 is 23.4 Å². The van der Waals surface area contributed by atoms with Gasteiger partial charge in [-0.1, -0.05) is 17.7 Å². The van der Waals surface area contributed by atoms with E-state index in [0.29, 0.717) is 32.0 Å². The van der Waals surface area contributed by atoms with Gasteiger partial charge in [0.1, 0.15) is 5.82 Å². The average molecular weight is 416 g/mol. The number of benzene rings is 2. The quantitative estimate of drug-likeness (QED) is 0.693. The minimum absolute atomic E-state index is 0.241. The minimum Gasteiger partial charge on any atom is -0.369 e. The molecule has 0 spiro atoms. The number of thioether (sulfide) groups is 1. The topological polar surface area (TPSA) is 44.7 Å². The van der Waals surface area contributed by atoms with E-state index >= 15 is 0 Å². The largest absolute Gasteiger partial charge is 0.369 e. The molecule has 1 amide bonds. The van der Waals surface area contributed by atoms with Gasteiger partial charge in [-0.2, -0.15) is 0 Å². The van der Waals surface area contributed by atoms with Gasteiger partial charge in [0.2, 0.25) is 0 Å². The second kappa shape index (κ2) is 7.97. The van der Waals surface area contributed by atoms with Crippen LogP contribution in [0.1, 0.15) is 24.0 Å². The molecular weight excluding hydrogens is 397 g/mol. The van der Waals surface area contributed by atoms with Gasteiger partial charge in [-0.3, -0.25) is 4.79 Å². The predicted octanol–water partition coefficient (Wildman–Crippen LogP) is 5.28. The number of amides is 1. The third-order valence-corrected chi connectivity index (χ3v) is 5.90. The highest BCUT2D eigenvalue weighted by atomic mass is 35.5. The summed E-state index contributed by atoms with van der Waals surface area (Å²) < 4.78 is 14.6. The Bertz CT molecular complexity index is 999. The Balaban J connectivity index is 1.59. The number of halogens is 2. The zero-order chi connectivity index (χ0) is 19.7. The van der Waals surface area contributed by atoms with Crippen molar-refractivity contribution in [2.24, 2.45) is 4.99 Å². The van der Waals surface area contributed by atoms with E-state index in [9.17, 15) is 9.18 Å². The molecule has 2 aromatic rings.